The van der Waals surface area contributed by atoms with Gasteiger partial charge in [0.2, 0.25) is 0 Å². The Hall–Kier alpha value is -3.33. The van der Waals surface area contributed by atoms with Crippen LogP contribution in [0.4, 0.5) is 11.6 Å². The zero-order valence-electron chi connectivity index (χ0n) is 19.5. The number of aromatic nitrogens is 5. The highest BCUT2D eigenvalue weighted by Crippen LogP contribution is 2.34. The molecule has 2 aliphatic heterocycles. The molecular formula is C24H30N8O. The maximum atomic E-state index is 13.5. The molecule has 0 spiro atoms. The molecular weight excluding hydrogens is 416 g/mol. The van der Waals surface area contributed by atoms with E-state index in [2.05, 4.69) is 33.5 Å². The largest absolute Gasteiger partial charge is 0.354 e. The zero-order valence-corrected chi connectivity index (χ0v) is 19.5. The Labute approximate surface area is 193 Å². The maximum absolute atomic E-state index is 13.5. The summed E-state index contributed by atoms with van der Waals surface area (Å²) in [5.74, 6) is 2.95. The van der Waals surface area contributed by atoms with Crippen molar-refractivity contribution in [1.82, 2.24) is 24.7 Å². The molecule has 0 radical (unpaired) electrons. The predicted octanol–water partition coefficient (Wildman–Crippen LogP) is 3.06. The number of nitrogens with zero attached hydrogens (tertiary/aromatic N) is 7. The minimum absolute atomic E-state index is 0.0638. The molecule has 5 heterocycles. The van der Waals surface area contributed by atoms with Crippen molar-refractivity contribution in [2.45, 2.75) is 65.7 Å². The fourth-order valence-electron chi connectivity index (χ4n) is 4.89. The third-order valence-corrected chi connectivity index (χ3v) is 6.65. The molecule has 1 fully saturated rings. The van der Waals surface area contributed by atoms with Crippen LogP contribution in [0.1, 0.15) is 60.5 Å². The van der Waals surface area contributed by atoms with Crippen molar-refractivity contribution >= 4 is 17.5 Å². The molecule has 0 aliphatic carbocycles. The van der Waals surface area contributed by atoms with E-state index >= 15 is 0 Å². The van der Waals surface area contributed by atoms with Gasteiger partial charge in [0.1, 0.15) is 23.2 Å². The van der Waals surface area contributed by atoms with E-state index in [1.165, 1.54) is 0 Å². The Morgan fingerprint density at radius 1 is 1.18 bits per heavy atom. The Kier molecular flexibility index (Phi) is 5.57. The van der Waals surface area contributed by atoms with Gasteiger partial charge in [-0.25, -0.2) is 9.97 Å². The van der Waals surface area contributed by atoms with Gasteiger partial charge in [-0.1, -0.05) is 13.0 Å². The van der Waals surface area contributed by atoms with E-state index in [0.717, 1.165) is 61.1 Å². The summed E-state index contributed by atoms with van der Waals surface area (Å²) in [5.41, 5.74) is 9.12. The van der Waals surface area contributed by atoms with E-state index in [0.29, 0.717) is 36.2 Å². The molecule has 9 heteroatoms. The van der Waals surface area contributed by atoms with Gasteiger partial charge in [-0.05, 0) is 51.3 Å². The lowest BCUT2D eigenvalue weighted by Gasteiger charge is -2.23. The molecule has 2 N–H and O–H groups in total. The van der Waals surface area contributed by atoms with Crippen LogP contribution in [0.3, 0.4) is 0 Å². The van der Waals surface area contributed by atoms with Crippen molar-refractivity contribution in [2.75, 3.05) is 16.3 Å². The van der Waals surface area contributed by atoms with E-state index < -0.39 is 0 Å². The topological polar surface area (TPSA) is 106 Å². The van der Waals surface area contributed by atoms with Crippen molar-refractivity contribution < 1.29 is 4.79 Å². The normalized spacial score (nSPS) is 17.8. The lowest BCUT2D eigenvalue weighted by Crippen LogP contribution is -2.28. The molecule has 172 valence electrons. The summed E-state index contributed by atoms with van der Waals surface area (Å²) < 4.78 is 2.06. The van der Waals surface area contributed by atoms with E-state index in [1.54, 1.807) is 4.90 Å². The molecule has 0 unspecified atom stereocenters. The number of anilines is 2. The molecule has 9 nitrogen and oxygen atoms in total. The first-order chi connectivity index (χ1) is 16.0. The second-order valence-electron chi connectivity index (χ2n) is 8.84. The van der Waals surface area contributed by atoms with Crippen molar-refractivity contribution in [2.24, 2.45) is 5.73 Å². The number of pyridine rings is 2. The van der Waals surface area contributed by atoms with Gasteiger partial charge >= 0.3 is 0 Å². The third-order valence-electron chi connectivity index (χ3n) is 6.65. The highest BCUT2D eigenvalue weighted by atomic mass is 16.2. The zero-order chi connectivity index (χ0) is 23.1. The van der Waals surface area contributed by atoms with Crippen LogP contribution in [-0.2, 0) is 19.6 Å². The van der Waals surface area contributed by atoms with Crippen molar-refractivity contribution in [1.29, 1.82) is 0 Å². The summed E-state index contributed by atoms with van der Waals surface area (Å²) in [7, 11) is 0. The first kappa shape index (κ1) is 21.5. The summed E-state index contributed by atoms with van der Waals surface area (Å²) in [5, 5.41) is 8.56. The van der Waals surface area contributed by atoms with Crippen molar-refractivity contribution in [3.63, 3.8) is 0 Å². The number of carbonyl (C=O) groups is 1. The smallest absolute Gasteiger partial charge is 0.260 e. The number of aryl methyl sites for hydroxylation is 1. The number of hydrogen-bond acceptors (Lipinski definition) is 7. The summed E-state index contributed by atoms with van der Waals surface area (Å²) in [4.78, 5) is 27.1. The number of fused-ring (bicyclic) bond motifs is 1. The highest BCUT2D eigenvalue weighted by molar-refractivity contribution is 6.10. The molecule has 1 atom stereocenters. The van der Waals surface area contributed by atoms with Gasteiger partial charge < -0.3 is 15.2 Å². The lowest BCUT2D eigenvalue weighted by atomic mass is 10.1. The molecule has 1 amide bonds. The fraction of sp³-hybridized carbons (Fsp3) is 0.458. The standard InChI is InChI=1S/C24H30N8O/c1-4-10-31-16(3)28-29-23(31)19-8-5-9-21(26-19)32-14-18-17(24(32)33)12-22(27-20(18)13-25)30-11-6-7-15(30)2/h5,8-9,12,15H,4,6-7,10-11,13-14,25H2,1-3H3/t15-/m0/s1. The molecule has 0 bridgehead atoms. The summed E-state index contributed by atoms with van der Waals surface area (Å²) in [6.45, 7) is 8.75. The van der Waals surface area contributed by atoms with Gasteiger partial charge in [0.05, 0.1) is 17.8 Å². The molecule has 2 aliphatic rings. The minimum atomic E-state index is -0.0638. The minimum Gasteiger partial charge on any atom is -0.354 e. The van der Waals surface area contributed by atoms with Crippen LogP contribution in [0.15, 0.2) is 24.3 Å². The Morgan fingerprint density at radius 2 is 2.03 bits per heavy atom. The average molecular weight is 447 g/mol. The monoisotopic (exact) mass is 446 g/mol. The second-order valence-corrected chi connectivity index (χ2v) is 8.84. The van der Waals surface area contributed by atoms with Gasteiger partial charge in [-0.15, -0.1) is 10.2 Å². The van der Waals surface area contributed by atoms with Crippen LogP contribution in [0, 0.1) is 6.92 Å². The maximum Gasteiger partial charge on any atom is 0.260 e. The van der Waals surface area contributed by atoms with E-state index in [-0.39, 0.29) is 5.91 Å². The first-order valence-electron chi connectivity index (χ1n) is 11.7. The molecule has 1 saturated heterocycles. The summed E-state index contributed by atoms with van der Waals surface area (Å²) in [6, 6.07) is 8.03. The van der Waals surface area contributed by atoms with Crippen molar-refractivity contribution in [3.8, 4) is 11.5 Å². The van der Waals surface area contributed by atoms with Crippen molar-refractivity contribution in [3.05, 3.63) is 46.9 Å². The van der Waals surface area contributed by atoms with Gasteiger partial charge in [0, 0.05) is 31.2 Å². The Morgan fingerprint density at radius 3 is 2.76 bits per heavy atom. The SMILES string of the molecule is CCCn1c(C)nnc1-c1cccc(N2Cc3c(cc(N4CCC[C@@H]4C)nc3CN)C2=O)n1. The highest BCUT2D eigenvalue weighted by Gasteiger charge is 2.34. The average Bonchev–Trinajstić information content (AvgIpc) is 3.51. The van der Waals surface area contributed by atoms with Crippen LogP contribution >= 0.6 is 0 Å². The fourth-order valence-corrected chi connectivity index (χ4v) is 4.89. The van der Waals surface area contributed by atoms with Crippen LogP contribution in [0.2, 0.25) is 0 Å². The van der Waals surface area contributed by atoms with E-state index in [4.69, 9.17) is 15.7 Å². The Bertz CT molecular complexity index is 1200. The predicted molar refractivity (Wildman–Crippen MR) is 127 cm³/mol. The first-order valence-corrected chi connectivity index (χ1v) is 11.7. The summed E-state index contributed by atoms with van der Waals surface area (Å²) in [6.07, 6.45) is 3.24. The Balaban J connectivity index is 1.50. The number of rotatable bonds is 6. The summed E-state index contributed by atoms with van der Waals surface area (Å²) >= 11 is 0. The van der Waals surface area contributed by atoms with Crippen LogP contribution in [0.5, 0.6) is 0 Å². The molecule has 5 rings (SSSR count). The number of hydrogen-bond donors (Lipinski definition) is 1. The number of amides is 1. The van der Waals surface area contributed by atoms with Crippen LogP contribution < -0.4 is 15.5 Å². The molecule has 3 aromatic rings. The number of nitrogens with two attached hydrogens (primary N) is 1. The third kappa shape index (κ3) is 3.66. The molecule has 33 heavy (non-hydrogen) atoms. The van der Waals surface area contributed by atoms with Gasteiger partial charge in [0.25, 0.3) is 5.91 Å². The van der Waals surface area contributed by atoms with Crippen LogP contribution in [0.25, 0.3) is 11.5 Å². The van der Waals surface area contributed by atoms with E-state index in [1.807, 2.05) is 31.2 Å². The molecule has 0 aromatic carbocycles. The van der Waals surface area contributed by atoms with E-state index in [9.17, 15) is 4.79 Å². The van der Waals surface area contributed by atoms with Gasteiger partial charge in [0.15, 0.2) is 5.82 Å². The second kappa shape index (κ2) is 8.55. The van der Waals surface area contributed by atoms with Gasteiger partial charge in [-0.2, -0.15) is 0 Å². The lowest BCUT2D eigenvalue weighted by molar-refractivity contribution is 0.0996. The number of carbonyl (C=O) groups excluding carboxylic acids is 1. The van der Waals surface area contributed by atoms with Crippen LogP contribution in [-0.4, -0.2) is 43.2 Å². The quantitative estimate of drug-likeness (QED) is 0.620. The van der Waals surface area contributed by atoms with Gasteiger partial charge in [-0.3, -0.25) is 9.69 Å². The molecule has 3 aromatic heterocycles. The molecule has 0 saturated carbocycles.